The second-order valence-corrected chi connectivity index (χ2v) is 8.41. The zero-order chi connectivity index (χ0) is 23.5. The standard InChI is InChI=1S/C28H24N2O4/c31-24(26-22-12-4-5-13-23(22)29-27(26)20-9-2-1-3-10-20)18-34-28(33)21-11-6-8-19(16-21)17-30-15-7-14-25(30)32/h1-6,8-13,16,29H,7,14-15,17-18H2. The van der Waals surface area contributed by atoms with E-state index in [4.69, 9.17) is 4.74 Å². The van der Waals surface area contributed by atoms with Crippen molar-refractivity contribution in [3.8, 4) is 11.3 Å². The van der Waals surface area contributed by atoms with Crippen molar-refractivity contribution in [2.24, 2.45) is 0 Å². The second-order valence-electron chi connectivity index (χ2n) is 8.41. The Balaban J connectivity index is 1.34. The van der Waals surface area contributed by atoms with Crippen molar-refractivity contribution < 1.29 is 19.1 Å². The lowest BCUT2D eigenvalue weighted by Crippen LogP contribution is -2.24. The van der Waals surface area contributed by atoms with Crippen LogP contribution >= 0.6 is 0 Å². The Morgan fingerprint density at radius 3 is 2.53 bits per heavy atom. The predicted molar refractivity (Wildman–Crippen MR) is 129 cm³/mol. The Bertz CT molecular complexity index is 1370. The van der Waals surface area contributed by atoms with Crippen LogP contribution < -0.4 is 0 Å². The Morgan fingerprint density at radius 1 is 0.941 bits per heavy atom. The van der Waals surface area contributed by atoms with E-state index < -0.39 is 5.97 Å². The number of aromatic nitrogens is 1. The number of ether oxygens (including phenoxy) is 1. The molecule has 1 amide bonds. The fraction of sp³-hybridized carbons (Fsp3) is 0.179. The molecule has 1 aliphatic rings. The number of aromatic amines is 1. The van der Waals surface area contributed by atoms with Gasteiger partial charge in [0.05, 0.1) is 16.8 Å². The van der Waals surface area contributed by atoms with Gasteiger partial charge in [-0.3, -0.25) is 9.59 Å². The van der Waals surface area contributed by atoms with Crippen LogP contribution in [0, 0.1) is 0 Å². The molecule has 170 valence electrons. The van der Waals surface area contributed by atoms with Crippen LogP contribution in [0.25, 0.3) is 22.2 Å². The van der Waals surface area contributed by atoms with Gasteiger partial charge < -0.3 is 14.6 Å². The van der Waals surface area contributed by atoms with E-state index in [0.29, 0.717) is 29.8 Å². The van der Waals surface area contributed by atoms with Gasteiger partial charge in [-0.15, -0.1) is 0 Å². The summed E-state index contributed by atoms with van der Waals surface area (Å²) < 4.78 is 5.42. The van der Waals surface area contributed by atoms with Crippen LogP contribution in [-0.4, -0.2) is 40.7 Å². The van der Waals surface area contributed by atoms with Crippen molar-refractivity contribution in [2.75, 3.05) is 13.2 Å². The summed E-state index contributed by atoms with van der Waals surface area (Å²) in [4.78, 5) is 43.0. The van der Waals surface area contributed by atoms with Crippen LogP contribution in [0.5, 0.6) is 0 Å². The molecule has 6 heteroatoms. The van der Waals surface area contributed by atoms with Crippen molar-refractivity contribution in [1.29, 1.82) is 0 Å². The highest BCUT2D eigenvalue weighted by Gasteiger charge is 2.22. The van der Waals surface area contributed by atoms with Crippen molar-refractivity contribution in [1.82, 2.24) is 9.88 Å². The summed E-state index contributed by atoms with van der Waals surface area (Å²) in [5.74, 6) is -0.709. The van der Waals surface area contributed by atoms with Crippen LogP contribution in [-0.2, 0) is 16.1 Å². The first kappa shape index (κ1) is 21.6. The van der Waals surface area contributed by atoms with Crippen LogP contribution in [0.2, 0.25) is 0 Å². The third kappa shape index (κ3) is 4.35. The molecular weight excluding hydrogens is 428 g/mol. The number of benzene rings is 3. The van der Waals surface area contributed by atoms with Gasteiger partial charge in [-0.1, -0.05) is 60.7 Å². The van der Waals surface area contributed by atoms with Crippen LogP contribution in [0.15, 0.2) is 78.9 Å². The number of rotatable bonds is 7. The lowest BCUT2D eigenvalue weighted by Gasteiger charge is -2.15. The van der Waals surface area contributed by atoms with Gasteiger partial charge >= 0.3 is 5.97 Å². The van der Waals surface area contributed by atoms with Crippen LogP contribution in [0.3, 0.4) is 0 Å². The zero-order valence-corrected chi connectivity index (χ0v) is 18.6. The Morgan fingerprint density at radius 2 is 1.74 bits per heavy atom. The number of nitrogens with zero attached hydrogens (tertiary/aromatic N) is 1. The van der Waals surface area contributed by atoms with Gasteiger partial charge in [-0.2, -0.15) is 0 Å². The summed E-state index contributed by atoms with van der Waals surface area (Å²) in [6, 6.07) is 24.2. The molecule has 1 N–H and O–H groups in total. The molecule has 0 radical (unpaired) electrons. The molecule has 0 aliphatic carbocycles. The lowest BCUT2D eigenvalue weighted by molar-refractivity contribution is -0.128. The van der Waals surface area contributed by atoms with Crippen LogP contribution in [0.1, 0.15) is 39.1 Å². The third-order valence-electron chi connectivity index (χ3n) is 6.09. The normalized spacial score (nSPS) is 13.4. The summed E-state index contributed by atoms with van der Waals surface area (Å²) in [6.07, 6.45) is 1.43. The summed E-state index contributed by atoms with van der Waals surface area (Å²) >= 11 is 0. The van der Waals surface area contributed by atoms with Crippen molar-refractivity contribution >= 4 is 28.6 Å². The van der Waals surface area contributed by atoms with Gasteiger partial charge in [0.15, 0.2) is 6.61 Å². The lowest BCUT2D eigenvalue weighted by atomic mass is 10.0. The zero-order valence-electron chi connectivity index (χ0n) is 18.6. The molecule has 1 saturated heterocycles. The van der Waals surface area contributed by atoms with E-state index in [1.54, 1.807) is 23.1 Å². The van der Waals surface area contributed by atoms with Gasteiger partial charge in [-0.25, -0.2) is 4.79 Å². The number of H-pyrrole nitrogens is 1. The molecule has 1 aromatic heterocycles. The summed E-state index contributed by atoms with van der Waals surface area (Å²) in [7, 11) is 0. The molecule has 3 aromatic carbocycles. The maximum Gasteiger partial charge on any atom is 0.338 e. The number of para-hydroxylation sites is 1. The number of esters is 1. The molecule has 6 nitrogen and oxygen atoms in total. The number of hydrogen-bond acceptors (Lipinski definition) is 4. The predicted octanol–water partition coefficient (Wildman–Crippen LogP) is 5.00. The summed E-state index contributed by atoms with van der Waals surface area (Å²) in [5.41, 5.74) is 4.17. The number of hydrogen-bond donors (Lipinski definition) is 1. The number of amides is 1. The maximum atomic E-state index is 13.2. The number of ketones is 1. The van der Waals surface area contributed by atoms with Gasteiger partial charge in [0.2, 0.25) is 11.7 Å². The number of carbonyl (C=O) groups excluding carboxylic acids is 3. The van der Waals surface area contributed by atoms with E-state index in [-0.39, 0.29) is 18.3 Å². The minimum absolute atomic E-state index is 0.131. The highest BCUT2D eigenvalue weighted by atomic mass is 16.5. The molecule has 0 unspecified atom stereocenters. The first-order valence-electron chi connectivity index (χ1n) is 11.3. The largest absolute Gasteiger partial charge is 0.454 e. The highest BCUT2D eigenvalue weighted by molar-refractivity contribution is 6.14. The highest BCUT2D eigenvalue weighted by Crippen LogP contribution is 2.30. The van der Waals surface area contributed by atoms with E-state index in [2.05, 4.69) is 4.98 Å². The molecule has 0 saturated carbocycles. The Hall–Kier alpha value is -4.19. The molecule has 0 bridgehead atoms. The topological polar surface area (TPSA) is 79.5 Å². The van der Waals surface area contributed by atoms with E-state index in [0.717, 1.165) is 35.0 Å². The number of Topliss-reactive ketones (excluding diaryl/α,β-unsaturated/α-hetero) is 1. The number of likely N-dealkylation sites (tertiary alicyclic amines) is 1. The second kappa shape index (κ2) is 9.35. The minimum atomic E-state index is -0.566. The molecule has 1 fully saturated rings. The van der Waals surface area contributed by atoms with Crippen molar-refractivity contribution in [2.45, 2.75) is 19.4 Å². The molecule has 2 heterocycles. The van der Waals surface area contributed by atoms with Crippen molar-refractivity contribution in [3.05, 3.63) is 95.6 Å². The summed E-state index contributed by atoms with van der Waals surface area (Å²) in [6.45, 7) is 0.834. The Kier molecular flexibility index (Phi) is 5.95. The van der Waals surface area contributed by atoms with Gasteiger partial charge in [0, 0.05) is 30.4 Å². The molecule has 34 heavy (non-hydrogen) atoms. The van der Waals surface area contributed by atoms with E-state index in [1.807, 2.05) is 60.7 Å². The summed E-state index contributed by atoms with van der Waals surface area (Å²) in [5, 5.41) is 0.791. The minimum Gasteiger partial charge on any atom is -0.454 e. The molecule has 4 aromatic rings. The number of fused-ring (bicyclic) bond motifs is 1. The fourth-order valence-corrected chi connectivity index (χ4v) is 4.43. The van der Waals surface area contributed by atoms with E-state index in [9.17, 15) is 14.4 Å². The van der Waals surface area contributed by atoms with E-state index in [1.165, 1.54) is 0 Å². The van der Waals surface area contributed by atoms with Gasteiger partial charge in [0.1, 0.15) is 0 Å². The first-order chi connectivity index (χ1) is 16.6. The van der Waals surface area contributed by atoms with Crippen molar-refractivity contribution in [3.63, 3.8) is 0 Å². The number of nitrogens with one attached hydrogen (secondary N) is 1. The average Bonchev–Trinajstić information content (AvgIpc) is 3.46. The molecule has 5 rings (SSSR count). The van der Waals surface area contributed by atoms with Gasteiger partial charge in [-0.05, 0) is 35.7 Å². The monoisotopic (exact) mass is 452 g/mol. The number of carbonyl (C=O) groups is 3. The average molecular weight is 453 g/mol. The molecule has 1 aliphatic heterocycles. The third-order valence-corrected chi connectivity index (χ3v) is 6.09. The van der Waals surface area contributed by atoms with Crippen LogP contribution in [0.4, 0.5) is 0 Å². The quantitative estimate of drug-likeness (QED) is 0.316. The molecule has 0 spiro atoms. The first-order valence-corrected chi connectivity index (χ1v) is 11.3. The maximum absolute atomic E-state index is 13.2. The van der Waals surface area contributed by atoms with E-state index >= 15 is 0 Å². The molecular formula is C28H24N2O4. The van der Waals surface area contributed by atoms with Gasteiger partial charge in [0.25, 0.3) is 0 Å². The fourth-order valence-electron chi connectivity index (χ4n) is 4.43. The smallest absolute Gasteiger partial charge is 0.338 e. The molecule has 0 atom stereocenters. The Labute approximate surface area is 197 Å². The SMILES string of the molecule is O=C(OCC(=O)c1c(-c2ccccc2)[nH]c2ccccc12)c1cccc(CN2CCCC2=O)c1.